The number of thioether (sulfide) groups is 1. The van der Waals surface area contributed by atoms with Crippen molar-refractivity contribution in [3.63, 3.8) is 0 Å². The standard InChI is InChI=1S/C15H18N2OS/c1-11-2-4-14(5-3-11)19-10-13(18)8-12-6-7-17-15(16)9-12/h2-7,9,13,18H,8,10H2,1H3,(H2,16,17). The molecule has 2 rings (SSSR count). The highest BCUT2D eigenvalue weighted by molar-refractivity contribution is 7.99. The zero-order chi connectivity index (χ0) is 13.7. The summed E-state index contributed by atoms with van der Waals surface area (Å²) in [7, 11) is 0. The Labute approximate surface area is 117 Å². The van der Waals surface area contributed by atoms with E-state index in [0.29, 0.717) is 18.0 Å². The van der Waals surface area contributed by atoms with E-state index in [1.807, 2.05) is 6.07 Å². The molecule has 0 radical (unpaired) electrons. The molecule has 0 fully saturated rings. The number of aliphatic hydroxyl groups excluding tert-OH is 1. The van der Waals surface area contributed by atoms with Crippen LogP contribution in [0.1, 0.15) is 11.1 Å². The van der Waals surface area contributed by atoms with E-state index in [1.54, 1.807) is 24.0 Å². The second-order valence-corrected chi connectivity index (χ2v) is 5.66. The number of aryl methyl sites for hydroxylation is 1. The Morgan fingerprint density at radius 2 is 2.00 bits per heavy atom. The summed E-state index contributed by atoms with van der Waals surface area (Å²) in [6, 6.07) is 12.0. The van der Waals surface area contributed by atoms with E-state index >= 15 is 0 Å². The molecule has 0 aliphatic carbocycles. The number of benzene rings is 1. The zero-order valence-electron chi connectivity index (χ0n) is 10.9. The van der Waals surface area contributed by atoms with E-state index in [4.69, 9.17) is 5.73 Å². The average Bonchev–Trinajstić information content (AvgIpc) is 2.38. The Morgan fingerprint density at radius 3 is 2.68 bits per heavy atom. The molecule has 3 N–H and O–H groups in total. The van der Waals surface area contributed by atoms with Crippen molar-refractivity contribution in [2.75, 3.05) is 11.5 Å². The van der Waals surface area contributed by atoms with Crippen LogP contribution < -0.4 is 5.73 Å². The van der Waals surface area contributed by atoms with E-state index in [9.17, 15) is 5.11 Å². The molecule has 0 amide bonds. The first-order chi connectivity index (χ1) is 9.13. The highest BCUT2D eigenvalue weighted by Gasteiger charge is 2.07. The molecule has 3 nitrogen and oxygen atoms in total. The lowest BCUT2D eigenvalue weighted by molar-refractivity contribution is 0.200. The molecule has 1 atom stereocenters. The quantitative estimate of drug-likeness (QED) is 0.823. The van der Waals surface area contributed by atoms with Crippen LogP contribution in [-0.4, -0.2) is 21.9 Å². The summed E-state index contributed by atoms with van der Waals surface area (Å²) in [4.78, 5) is 5.12. The molecule has 19 heavy (non-hydrogen) atoms. The van der Waals surface area contributed by atoms with Gasteiger partial charge in [-0.15, -0.1) is 11.8 Å². The van der Waals surface area contributed by atoms with Crippen LogP contribution in [-0.2, 0) is 6.42 Å². The summed E-state index contributed by atoms with van der Waals surface area (Å²) in [5.41, 5.74) is 7.88. The summed E-state index contributed by atoms with van der Waals surface area (Å²) < 4.78 is 0. The first-order valence-corrected chi connectivity index (χ1v) is 7.20. The zero-order valence-corrected chi connectivity index (χ0v) is 11.7. The van der Waals surface area contributed by atoms with Crippen molar-refractivity contribution in [3.8, 4) is 0 Å². The van der Waals surface area contributed by atoms with Gasteiger partial charge in [-0.3, -0.25) is 0 Å². The maximum absolute atomic E-state index is 10.0. The maximum atomic E-state index is 10.0. The summed E-state index contributed by atoms with van der Waals surface area (Å²) in [6.07, 6.45) is 1.89. The molecule has 100 valence electrons. The number of nitrogen functional groups attached to an aromatic ring is 1. The molecule has 4 heteroatoms. The second kappa shape index (κ2) is 6.59. The van der Waals surface area contributed by atoms with Crippen molar-refractivity contribution >= 4 is 17.6 Å². The van der Waals surface area contributed by atoms with Gasteiger partial charge in [0.15, 0.2) is 0 Å². The molecule has 0 saturated carbocycles. The minimum Gasteiger partial charge on any atom is -0.392 e. The Morgan fingerprint density at radius 1 is 1.26 bits per heavy atom. The largest absolute Gasteiger partial charge is 0.392 e. The van der Waals surface area contributed by atoms with Crippen LogP contribution in [0.4, 0.5) is 5.82 Å². The molecule has 1 aromatic heterocycles. The molecule has 0 spiro atoms. The van der Waals surface area contributed by atoms with E-state index in [0.717, 1.165) is 5.56 Å². The smallest absolute Gasteiger partial charge is 0.123 e. The molecule has 1 heterocycles. The van der Waals surface area contributed by atoms with Gasteiger partial charge in [0.2, 0.25) is 0 Å². The van der Waals surface area contributed by atoms with Gasteiger partial charge in [0.25, 0.3) is 0 Å². The van der Waals surface area contributed by atoms with Crippen LogP contribution in [0, 0.1) is 6.92 Å². The number of aliphatic hydroxyl groups is 1. The van der Waals surface area contributed by atoms with Crippen molar-refractivity contribution in [1.29, 1.82) is 0 Å². The number of nitrogens with zero attached hydrogens (tertiary/aromatic N) is 1. The van der Waals surface area contributed by atoms with E-state index < -0.39 is 0 Å². The number of hydrogen-bond donors (Lipinski definition) is 2. The molecule has 0 bridgehead atoms. The van der Waals surface area contributed by atoms with Gasteiger partial charge in [0, 0.05) is 16.8 Å². The van der Waals surface area contributed by atoms with Gasteiger partial charge in [0.1, 0.15) is 5.82 Å². The lowest BCUT2D eigenvalue weighted by atomic mass is 10.1. The Balaban J connectivity index is 1.84. The number of aromatic nitrogens is 1. The molecule has 0 aliphatic rings. The highest BCUT2D eigenvalue weighted by atomic mass is 32.2. The van der Waals surface area contributed by atoms with Crippen molar-refractivity contribution < 1.29 is 5.11 Å². The fourth-order valence-corrected chi connectivity index (χ4v) is 2.61. The fraction of sp³-hybridized carbons (Fsp3) is 0.267. The SMILES string of the molecule is Cc1ccc(SCC(O)Cc2ccnc(N)c2)cc1. The molecule has 1 aromatic carbocycles. The molecular formula is C15H18N2OS. The van der Waals surface area contributed by atoms with Crippen molar-refractivity contribution in [2.24, 2.45) is 0 Å². The van der Waals surface area contributed by atoms with Crippen LogP contribution in [0.2, 0.25) is 0 Å². The number of anilines is 1. The number of pyridine rings is 1. The minimum atomic E-state index is -0.381. The summed E-state index contributed by atoms with van der Waals surface area (Å²) in [5, 5.41) is 10.0. The summed E-state index contributed by atoms with van der Waals surface area (Å²) in [5.74, 6) is 1.17. The first-order valence-electron chi connectivity index (χ1n) is 6.21. The van der Waals surface area contributed by atoms with Crippen LogP contribution in [0.25, 0.3) is 0 Å². The Bertz CT molecular complexity index is 528. The van der Waals surface area contributed by atoms with Gasteiger partial charge in [-0.25, -0.2) is 4.98 Å². The van der Waals surface area contributed by atoms with Gasteiger partial charge >= 0.3 is 0 Å². The lowest BCUT2D eigenvalue weighted by Gasteiger charge is -2.10. The van der Waals surface area contributed by atoms with E-state index in [2.05, 4.69) is 36.2 Å². The van der Waals surface area contributed by atoms with Gasteiger partial charge < -0.3 is 10.8 Å². The lowest BCUT2D eigenvalue weighted by Crippen LogP contribution is -2.13. The predicted molar refractivity (Wildman–Crippen MR) is 80.3 cm³/mol. The topological polar surface area (TPSA) is 59.1 Å². The number of rotatable bonds is 5. The second-order valence-electron chi connectivity index (χ2n) is 4.57. The number of hydrogen-bond acceptors (Lipinski definition) is 4. The highest BCUT2D eigenvalue weighted by Crippen LogP contribution is 2.20. The average molecular weight is 274 g/mol. The summed E-state index contributed by atoms with van der Waals surface area (Å²) in [6.45, 7) is 2.07. The molecule has 1 unspecified atom stereocenters. The van der Waals surface area contributed by atoms with Crippen LogP contribution in [0.15, 0.2) is 47.5 Å². The molecule has 0 aliphatic heterocycles. The Hall–Kier alpha value is -1.52. The van der Waals surface area contributed by atoms with Crippen molar-refractivity contribution in [1.82, 2.24) is 4.98 Å². The first kappa shape index (κ1) is 13.9. The third kappa shape index (κ3) is 4.58. The van der Waals surface area contributed by atoms with E-state index in [-0.39, 0.29) is 6.10 Å². The maximum Gasteiger partial charge on any atom is 0.123 e. The van der Waals surface area contributed by atoms with E-state index in [1.165, 1.54) is 10.5 Å². The molecule has 0 saturated heterocycles. The van der Waals surface area contributed by atoms with Crippen LogP contribution in [0.5, 0.6) is 0 Å². The number of nitrogens with two attached hydrogens (primary N) is 1. The molecule has 2 aromatic rings. The monoisotopic (exact) mass is 274 g/mol. The Kier molecular flexibility index (Phi) is 4.82. The normalized spacial score (nSPS) is 12.3. The predicted octanol–water partition coefficient (Wildman–Crippen LogP) is 2.67. The summed E-state index contributed by atoms with van der Waals surface area (Å²) >= 11 is 1.66. The van der Waals surface area contributed by atoms with Gasteiger partial charge in [-0.1, -0.05) is 17.7 Å². The fourth-order valence-electron chi connectivity index (χ4n) is 1.78. The molecular weight excluding hydrogens is 256 g/mol. The van der Waals surface area contributed by atoms with Crippen molar-refractivity contribution in [2.45, 2.75) is 24.3 Å². The van der Waals surface area contributed by atoms with Crippen LogP contribution in [0.3, 0.4) is 0 Å². The van der Waals surface area contributed by atoms with Gasteiger partial charge in [-0.05, 0) is 43.2 Å². The third-order valence-electron chi connectivity index (χ3n) is 2.78. The third-order valence-corrected chi connectivity index (χ3v) is 3.94. The van der Waals surface area contributed by atoms with Gasteiger partial charge in [-0.2, -0.15) is 0 Å². The van der Waals surface area contributed by atoms with Crippen molar-refractivity contribution in [3.05, 3.63) is 53.7 Å². The van der Waals surface area contributed by atoms with Gasteiger partial charge in [0.05, 0.1) is 6.10 Å². The van der Waals surface area contributed by atoms with Crippen LogP contribution >= 0.6 is 11.8 Å². The minimum absolute atomic E-state index is 0.381.